The van der Waals surface area contributed by atoms with Crippen LogP contribution in [0.5, 0.6) is 0 Å². The van der Waals surface area contributed by atoms with Crippen LogP contribution < -0.4 is 0 Å². The molecule has 0 saturated carbocycles. The van der Waals surface area contributed by atoms with Crippen LogP contribution in [0.15, 0.2) is 24.3 Å². The maximum absolute atomic E-state index is 9.00. The topological polar surface area (TPSA) is 59.4 Å². The fraction of sp³-hybridized carbons (Fsp3) is 0.267. The van der Waals surface area contributed by atoms with Crippen LogP contribution in [0.3, 0.4) is 0 Å². The van der Waals surface area contributed by atoms with Gasteiger partial charge in [0.15, 0.2) is 5.65 Å². The van der Waals surface area contributed by atoms with Gasteiger partial charge in [0.1, 0.15) is 11.3 Å². The van der Waals surface area contributed by atoms with E-state index in [2.05, 4.69) is 20.7 Å². The Morgan fingerprint density at radius 3 is 2.90 bits per heavy atom. The van der Waals surface area contributed by atoms with E-state index >= 15 is 0 Å². The SMILES string of the molecule is Cc1nn(C)c2c1nc(CCl)n2Cc1cccc(C#N)c1. The first kappa shape index (κ1) is 13.7. The van der Waals surface area contributed by atoms with Crippen molar-refractivity contribution in [2.75, 3.05) is 0 Å². The van der Waals surface area contributed by atoms with E-state index in [0.29, 0.717) is 18.0 Å². The van der Waals surface area contributed by atoms with Crippen molar-refractivity contribution in [2.24, 2.45) is 7.05 Å². The van der Waals surface area contributed by atoms with E-state index in [4.69, 9.17) is 16.9 Å². The minimum atomic E-state index is 0.339. The number of rotatable bonds is 3. The highest BCUT2D eigenvalue weighted by Crippen LogP contribution is 2.21. The molecule has 0 spiro atoms. The molecule has 2 aromatic heterocycles. The normalized spacial score (nSPS) is 11.0. The Hall–Kier alpha value is -2.32. The van der Waals surface area contributed by atoms with Crippen LogP contribution in [-0.2, 0) is 19.5 Å². The fourth-order valence-corrected chi connectivity index (χ4v) is 2.77. The van der Waals surface area contributed by atoms with E-state index in [1.807, 2.05) is 36.9 Å². The van der Waals surface area contributed by atoms with Crippen LogP contribution in [-0.4, -0.2) is 19.3 Å². The maximum Gasteiger partial charge on any atom is 0.159 e. The van der Waals surface area contributed by atoms with Gasteiger partial charge in [-0.2, -0.15) is 10.4 Å². The molecule has 3 rings (SSSR count). The summed E-state index contributed by atoms with van der Waals surface area (Å²) >= 11 is 6.02. The van der Waals surface area contributed by atoms with E-state index in [1.54, 1.807) is 6.07 Å². The van der Waals surface area contributed by atoms with Crippen LogP contribution in [0.4, 0.5) is 0 Å². The molecule has 6 heteroatoms. The van der Waals surface area contributed by atoms with Crippen molar-refractivity contribution < 1.29 is 0 Å². The van der Waals surface area contributed by atoms with Crippen LogP contribution in [0.2, 0.25) is 0 Å². The molecule has 0 bridgehead atoms. The zero-order valence-electron chi connectivity index (χ0n) is 11.8. The number of nitrogens with zero attached hydrogens (tertiary/aromatic N) is 5. The predicted octanol–water partition coefficient (Wildman–Crippen LogP) is 2.74. The maximum atomic E-state index is 9.00. The van der Waals surface area contributed by atoms with Gasteiger partial charge in [-0.15, -0.1) is 11.6 Å². The molecule has 0 amide bonds. The summed E-state index contributed by atoms with van der Waals surface area (Å²) in [6.07, 6.45) is 0. The third kappa shape index (κ3) is 2.28. The summed E-state index contributed by atoms with van der Waals surface area (Å²) in [6, 6.07) is 9.72. The number of fused-ring (bicyclic) bond motifs is 1. The third-order valence-electron chi connectivity index (χ3n) is 3.49. The molecule has 3 aromatic rings. The number of halogens is 1. The largest absolute Gasteiger partial charge is 0.307 e. The van der Waals surface area contributed by atoms with Crippen molar-refractivity contribution in [3.63, 3.8) is 0 Å². The first-order valence-electron chi connectivity index (χ1n) is 6.57. The van der Waals surface area contributed by atoms with E-state index in [-0.39, 0.29) is 0 Å². The van der Waals surface area contributed by atoms with Gasteiger partial charge >= 0.3 is 0 Å². The number of aryl methyl sites for hydroxylation is 2. The van der Waals surface area contributed by atoms with Crippen molar-refractivity contribution in [1.82, 2.24) is 19.3 Å². The first-order valence-corrected chi connectivity index (χ1v) is 7.11. The number of nitriles is 1. The Morgan fingerprint density at radius 1 is 1.38 bits per heavy atom. The lowest BCUT2D eigenvalue weighted by Gasteiger charge is -2.08. The molecule has 0 aliphatic rings. The van der Waals surface area contributed by atoms with Crippen LogP contribution in [0.25, 0.3) is 11.2 Å². The summed E-state index contributed by atoms with van der Waals surface area (Å²) in [5, 5.41) is 13.4. The molecule has 21 heavy (non-hydrogen) atoms. The smallest absolute Gasteiger partial charge is 0.159 e. The molecule has 0 fully saturated rings. The lowest BCUT2D eigenvalue weighted by atomic mass is 10.1. The molecule has 0 aliphatic heterocycles. The lowest BCUT2D eigenvalue weighted by Crippen LogP contribution is -2.07. The summed E-state index contributed by atoms with van der Waals surface area (Å²) < 4.78 is 3.88. The van der Waals surface area contributed by atoms with Gasteiger partial charge < -0.3 is 4.57 Å². The van der Waals surface area contributed by atoms with Crippen molar-refractivity contribution in [3.05, 3.63) is 46.9 Å². The molecule has 0 saturated heterocycles. The third-order valence-corrected chi connectivity index (χ3v) is 3.72. The van der Waals surface area contributed by atoms with Crippen LogP contribution >= 0.6 is 11.6 Å². The predicted molar refractivity (Wildman–Crippen MR) is 81.1 cm³/mol. The Morgan fingerprint density at radius 2 is 2.19 bits per heavy atom. The van der Waals surface area contributed by atoms with E-state index in [9.17, 15) is 0 Å². The molecule has 5 nitrogen and oxygen atoms in total. The fourth-order valence-electron chi connectivity index (χ4n) is 2.57. The van der Waals surface area contributed by atoms with Gasteiger partial charge in [-0.3, -0.25) is 4.68 Å². The Bertz CT molecular complexity index is 853. The van der Waals surface area contributed by atoms with Gasteiger partial charge in [0.05, 0.1) is 29.8 Å². The molecule has 0 aliphatic carbocycles. The second-order valence-corrected chi connectivity index (χ2v) is 5.21. The Balaban J connectivity index is 2.13. The second kappa shape index (κ2) is 5.23. The molecule has 0 radical (unpaired) electrons. The minimum Gasteiger partial charge on any atom is -0.307 e. The highest BCUT2D eigenvalue weighted by Gasteiger charge is 2.16. The average molecular weight is 300 g/mol. The van der Waals surface area contributed by atoms with E-state index in [0.717, 1.165) is 28.2 Å². The summed E-state index contributed by atoms with van der Waals surface area (Å²) in [5.41, 5.74) is 4.41. The molecule has 2 heterocycles. The monoisotopic (exact) mass is 299 g/mol. The molecule has 1 aromatic carbocycles. The first-order chi connectivity index (χ1) is 10.1. The lowest BCUT2D eigenvalue weighted by molar-refractivity contribution is 0.702. The molecular formula is C15H14ClN5. The summed E-state index contributed by atoms with van der Waals surface area (Å²) in [5.74, 6) is 1.15. The summed E-state index contributed by atoms with van der Waals surface area (Å²) in [4.78, 5) is 4.57. The molecule has 0 unspecified atom stereocenters. The second-order valence-electron chi connectivity index (χ2n) is 4.94. The number of alkyl halides is 1. The standard InChI is InChI=1S/C15H14ClN5/c1-10-14-15(20(2)19-10)21(13(7-16)18-14)9-12-5-3-4-11(6-12)8-17/h3-6H,7,9H2,1-2H3. The molecule has 0 N–H and O–H groups in total. The van der Waals surface area contributed by atoms with Gasteiger partial charge in [-0.1, -0.05) is 12.1 Å². The van der Waals surface area contributed by atoms with Crippen molar-refractivity contribution in [2.45, 2.75) is 19.3 Å². The van der Waals surface area contributed by atoms with Crippen LogP contribution in [0.1, 0.15) is 22.6 Å². The van der Waals surface area contributed by atoms with Gasteiger partial charge in [0.2, 0.25) is 0 Å². The Kier molecular flexibility index (Phi) is 3.40. The van der Waals surface area contributed by atoms with E-state index in [1.165, 1.54) is 0 Å². The summed E-state index contributed by atoms with van der Waals surface area (Å²) in [6.45, 7) is 2.56. The van der Waals surface area contributed by atoms with E-state index < -0.39 is 0 Å². The zero-order chi connectivity index (χ0) is 15.0. The summed E-state index contributed by atoms with van der Waals surface area (Å²) in [7, 11) is 1.90. The van der Waals surface area contributed by atoms with Crippen molar-refractivity contribution >= 4 is 22.8 Å². The van der Waals surface area contributed by atoms with Gasteiger partial charge in [0.25, 0.3) is 0 Å². The minimum absolute atomic E-state index is 0.339. The quantitative estimate of drug-likeness (QED) is 0.699. The highest BCUT2D eigenvalue weighted by atomic mass is 35.5. The van der Waals surface area contributed by atoms with Gasteiger partial charge in [0, 0.05) is 7.05 Å². The number of imidazole rings is 1. The zero-order valence-corrected chi connectivity index (χ0v) is 12.6. The van der Waals surface area contributed by atoms with Crippen molar-refractivity contribution in [3.8, 4) is 6.07 Å². The molecule has 0 atom stereocenters. The number of hydrogen-bond acceptors (Lipinski definition) is 3. The van der Waals surface area contributed by atoms with Crippen LogP contribution in [0, 0.1) is 18.3 Å². The Labute approximate surface area is 127 Å². The number of aromatic nitrogens is 4. The highest BCUT2D eigenvalue weighted by molar-refractivity contribution is 6.16. The van der Waals surface area contributed by atoms with Crippen molar-refractivity contribution in [1.29, 1.82) is 5.26 Å². The van der Waals surface area contributed by atoms with Gasteiger partial charge in [-0.05, 0) is 24.6 Å². The molecular weight excluding hydrogens is 286 g/mol. The molecule has 106 valence electrons. The average Bonchev–Trinajstić information content (AvgIpc) is 2.98. The number of hydrogen-bond donors (Lipinski definition) is 0. The number of benzene rings is 1. The van der Waals surface area contributed by atoms with Gasteiger partial charge in [-0.25, -0.2) is 4.98 Å².